The molecule has 9 heteroatoms. The summed E-state index contributed by atoms with van der Waals surface area (Å²) in [6.07, 6.45) is 1.89. The highest BCUT2D eigenvalue weighted by atomic mass is 32.2. The van der Waals surface area contributed by atoms with Crippen LogP contribution in [0.15, 0.2) is 42.5 Å². The molecule has 200 valence electrons. The van der Waals surface area contributed by atoms with E-state index in [1.54, 1.807) is 9.58 Å². The number of anilines is 1. The van der Waals surface area contributed by atoms with E-state index in [4.69, 9.17) is 5.10 Å². The fourth-order valence-corrected chi connectivity index (χ4v) is 6.32. The average Bonchev–Trinajstić information content (AvgIpc) is 3.50. The summed E-state index contributed by atoms with van der Waals surface area (Å²) < 4.78 is 30.8. The Hall–Kier alpha value is -3.20. The molecule has 2 aromatic carbocycles. The first kappa shape index (κ1) is 26.4. The van der Waals surface area contributed by atoms with Crippen LogP contribution in [0.2, 0.25) is 0 Å². The van der Waals surface area contributed by atoms with E-state index >= 15 is 4.39 Å². The van der Waals surface area contributed by atoms with E-state index in [9.17, 15) is 14.0 Å². The Bertz CT molecular complexity index is 1370. The number of nitrogens with zero attached hydrogens (tertiary/aromatic N) is 4. The smallest absolute Gasteiger partial charge is 0.242 e. The lowest BCUT2D eigenvalue weighted by atomic mass is 9.87. The Balaban J connectivity index is 1.76. The van der Waals surface area contributed by atoms with E-state index in [0.717, 1.165) is 30.2 Å². The van der Waals surface area contributed by atoms with Crippen LogP contribution >= 0.6 is 11.8 Å². The highest BCUT2D eigenvalue weighted by Crippen LogP contribution is 2.49. The van der Waals surface area contributed by atoms with Crippen LogP contribution in [0.5, 0.6) is 0 Å². The van der Waals surface area contributed by atoms with E-state index in [0.29, 0.717) is 30.2 Å². The third-order valence-electron chi connectivity index (χ3n) is 7.08. The van der Waals surface area contributed by atoms with Crippen molar-refractivity contribution in [3.8, 4) is 5.69 Å². The topological polar surface area (TPSA) is 58.4 Å². The molecule has 0 radical (unpaired) electrons. The van der Waals surface area contributed by atoms with Crippen LogP contribution in [0.4, 0.5) is 14.6 Å². The van der Waals surface area contributed by atoms with E-state index in [1.807, 2.05) is 52.0 Å². The highest BCUT2D eigenvalue weighted by Gasteiger charge is 2.41. The molecule has 0 saturated carbocycles. The predicted octanol–water partition coefficient (Wildman–Crippen LogP) is 5.55. The van der Waals surface area contributed by atoms with Crippen molar-refractivity contribution in [2.45, 2.75) is 51.2 Å². The molecule has 0 spiro atoms. The molecule has 0 N–H and O–H groups in total. The summed E-state index contributed by atoms with van der Waals surface area (Å²) >= 11 is 1.28. The average molecular weight is 539 g/mol. The zero-order valence-corrected chi connectivity index (χ0v) is 22.9. The van der Waals surface area contributed by atoms with Gasteiger partial charge in [-0.1, -0.05) is 44.5 Å². The van der Waals surface area contributed by atoms with Gasteiger partial charge >= 0.3 is 0 Å². The maximum Gasteiger partial charge on any atom is 0.242 e. The number of halogens is 2. The maximum absolute atomic E-state index is 15.2. The maximum atomic E-state index is 15.2. The first-order chi connectivity index (χ1) is 18.0. The number of carbonyl (C=O) groups excluding carboxylic acids is 2. The number of aromatic nitrogens is 2. The molecule has 2 aliphatic heterocycles. The molecule has 0 aliphatic carbocycles. The number of aryl methyl sites for hydroxylation is 1. The number of hydrogen-bond donors (Lipinski definition) is 0. The summed E-state index contributed by atoms with van der Waals surface area (Å²) in [4.78, 5) is 30.3. The van der Waals surface area contributed by atoms with Crippen molar-refractivity contribution >= 4 is 29.4 Å². The molecule has 3 heterocycles. The molecule has 1 atom stereocenters. The van der Waals surface area contributed by atoms with Gasteiger partial charge in [0.1, 0.15) is 24.0 Å². The molecule has 2 aliphatic rings. The lowest BCUT2D eigenvalue weighted by Gasteiger charge is -2.26. The van der Waals surface area contributed by atoms with Crippen LogP contribution in [-0.2, 0) is 15.0 Å². The number of thioether (sulfide) groups is 1. The zero-order chi connectivity index (χ0) is 27.2. The molecule has 2 amide bonds. The van der Waals surface area contributed by atoms with Crippen LogP contribution in [0.25, 0.3) is 5.69 Å². The molecule has 0 unspecified atom stereocenters. The van der Waals surface area contributed by atoms with E-state index in [1.165, 1.54) is 28.8 Å². The zero-order valence-electron chi connectivity index (χ0n) is 22.1. The first-order valence-corrected chi connectivity index (χ1v) is 13.9. The number of likely N-dealkylation sites (tertiary alicyclic amines) is 1. The van der Waals surface area contributed by atoms with Crippen molar-refractivity contribution < 1.29 is 18.4 Å². The first-order valence-electron chi connectivity index (χ1n) is 12.9. The SMILES string of the molecule is Cc1ccc(-n2nc(C(C)(C)C)c3c2N(CC(=O)N2CCCC2)C(=O)CS[C@H]3c2ccc(F)cc2F)cc1. The standard InChI is InChI=1S/C29H32F2N4O2S/c1-18-7-10-20(11-8-18)35-28-25(27(32-35)29(2,3)4)26(21-12-9-19(30)15-22(21)31)38-17-24(37)34(28)16-23(36)33-13-5-6-14-33/h7-12,15,26H,5-6,13-14,16-17H2,1-4H3/t26-/m0/s1. The third-order valence-corrected chi connectivity index (χ3v) is 8.31. The molecule has 5 rings (SSSR count). The summed E-state index contributed by atoms with van der Waals surface area (Å²) in [6, 6.07) is 11.3. The Morgan fingerprint density at radius 2 is 1.76 bits per heavy atom. The van der Waals surface area contributed by atoms with Crippen LogP contribution in [0, 0.1) is 18.6 Å². The van der Waals surface area contributed by atoms with Gasteiger partial charge in [0.25, 0.3) is 0 Å². The van der Waals surface area contributed by atoms with Gasteiger partial charge in [-0.05, 0) is 38.0 Å². The third kappa shape index (κ3) is 4.96. The van der Waals surface area contributed by atoms with Gasteiger partial charge in [0.2, 0.25) is 11.8 Å². The number of amides is 2. The van der Waals surface area contributed by atoms with Crippen molar-refractivity contribution in [3.05, 3.63) is 76.5 Å². The monoisotopic (exact) mass is 538 g/mol. The van der Waals surface area contributed by atoms with Gasteiger partial charge in [-0.15, -0.1) is 11.8 Å². The second-order valence-corrected chi connectivity index (χ2v) is 12.1. The van der Waals surface area contributed by atoms with E-state index in [-0.39, 0.29) is 29.7 Å². The predicted molar refractivity (Wildman–Crippen MR) is 146 cm³/mol. The minimum Gasteiger partial charge on any atom is -0.341 e. The second-order valence-electron chi connectivity index (χ2n) is 11.0. The number of rotatable bonds is 4. The van der Waals surface area contributed by atoms with Crippen LogP contribution < -0.4 is 4.90 Å². The van der Waals surface area contributed by atoms with Crippen LogP contribution in [0.1, 0.15) is 61.2 Å². The van der Waals surface area contributed by atoms with Crippen LogP contribution in [0.3, 0.4) is 0 Å². The summed E-state index contributed by atoms with van der Waals surface area (Å²) in [5.41, 5.74) is 3.00. The largest absolute Gasteiger partial charge is 0.341 e. The Morgan fingerprint density at radius 1 is 1.08 bits per heavy atom. The molecule has 3 aromatic rings. The van der Waals surface area contributed by atoms with Gasteiger partial charge < -0.3 is 4.90 Å². The molecule has 1 aromatic heterocycles. The molecular formula is C29H32F2N4O2S. The normalized spacial score (nSPS) is 18.1. The van der Waals surface area contributed by atoms with Crippen LogP contribution in [-0.4, -0.2) is 51.9 Å². The van der Waals surface area contributed by atoms with Crippen molar-refractivity contribution in [2.75, 3.05) is 30.3 Å². The van der Waals surface area contributed by atoms with Gasteiger partial charge in [-0.2, -0.15) is 5.10 Å². The fourth-order valence-electron chi connectivity index (χ4n) is 5.10. The molecule has 1 saturated heterocycles. The van der Waals surface area contributed by atoms with Gasteiger partial charge in [0, 0.05) is 35.7 Å². The van der Waals surface area contributed by atoms with E-state index in [2.05, 4.69) is 0 Å². The van der Waals surface area contributed by atoms with E-state index < -0.39 is 22.3 Å². The summed E-state index contributed by atoms with van der Waals surface area (Å²) in [6.45, 7) is 9.28. The minimum atomic E-state index is -0.676. The number of carbonyl (C=O) groups is 2. The minimum absolute atomic E-state index is 0.0426. The molecule has 6 nitrogen and oxygen atoms in total. The molecule has 0 bridgehead atoms. The summed E-state index contributed by atoms with van der Waals surface area (Å²) in [5.74, 6) is -1.19. The van der Waals surface area contributed by atoms with Crippen molar-refractivity contribution in [3.63, 3.8) is 0 Å². The lowest BCUT2D eigenvalue weighted by molar-refractivity contribution is -0.130. The Kier molecular flexibility index (Phi) is 7.07. The molecule has 38 heavy (non-hydrogen) atoms. The highest BCUT2D eigenvalue weighted by molar-refractivity contribution is 8.00. The van der Waals surface area contributed by atoms with Crippen molar-refractivity contribution in [1.82, 2.24) is 14.7 Å². The summed E-state index contributed by atoms with van der Waals surface area (Å²) in [5, 5.41) is 4.39. The molecular weight excluding hydrogens is 506 g/mol. The number of fused-ring (bicyclic) bond motifs is 1. The number of benzene rings is 2. The van der Waals surface area contributed by atoms with Crippen molar-refractivity contribution in [1.29, 1.82) is 0 Å². The van der Waals surface area contributed by atoms with Gasteiger partial charge in [0.15, 0.2) is 0 Å². The quantitative estimate of drug-likeness (QED) is 0.437. The fraction of sp³-hybridized carbons (Fsp3) is 0.414. The van der Waals surface area contributed by atoms with Gasteiger partial charge in [-0.25, -0.2) is 13.5 Å². The number of hydrogen-bond acceptors (Lipinski definition) is 4. The van der Waals surface area contributed by atoms with Crippen molar-refractivity contribution in [2.24, 2.45) is 0 Å². The lowest BCUT2D eigenvalue weighted by Crippen LogP contribution is -2.43. The second kappa shape index (κ2) is 10.2. The van der Waals surface area contributed by atoms with Gasteiger partial charge in [0.05, 0.1) is 22.4 Å². The summed E-state index contributed by atoms with van der Waals surface area (Å²) in [7, 11) is 0. The Labute approximate surface area is 226 Å². The van der Waals surface area contributed by atoms with Gasteiger partial charge in [-0.3, -0.25) is 14.5 Å². The Morgan fingerprint density at radius 3 is 2.39 bits per heavy atom. The molecule has 1 fully saturated rings.